The smallest absolute Gasteiger partial charge is 0.309 e. The monoisotopic (exact) mass is 613 g/mol. The molecule has 0 spiro atoms. The highest BCUT2D eigenvalue weighted by molar-refractivity contribution is 6.06. The number of hydrogen-bond acceptors (Lipinski definition) is 8. The summed E-state index contributed by atoms with van der Waals surface area (Å²) in [4.78, 5) is 42.0. The molecule has 1 amide bonds. The van der Waals surface area contributed by atoms with Crippen molar-refractivity contribution >= 4 is 39.6 Å². The number of amides is 1. The number of esters is 1. The van der Waals surface area contributed by atoms with Crippen LogP contribution in [0.1, 0.15) is 49.6 Å². The van der Waals surface area contributed by atoms with Gasteiger partial charge in [-0.25, -0.2) is 9.97 Å². The molecule has 2 aromatic carbocycles. The zero-order valence-corrected chi connectivity index (χ0v) is 27.0. The van der Waals surface area contributed by atoms with Crippen LogP contribution in [0.25, 0.3) is 21.9 Å². The molecule has 45 heavy (non-hydrogen) atoms. The Bertz CT molecular complexity index is 1620. The van der Waals surface area contributed by atoms with Crippen LogP contribution in [-0.2, 0) is 40.3 Å². The quantitative estimate of drug-likeness (QED) is 0.223. The average Bonchev–Trinajstić information content (AvgIpc) is 3.28. The molecule has 0 unspecified atom stereocenters. The number of imidazole rings is 1. The van der Waals surface area contributed by atoms with Crippen LogP contribution in [0.2, 0.25) is 0 Å². The first-order valence-corrected chi connectivity index (χ1v) is 16.2. The van der Waals surface area contributed by atoms with Crippen molar-refractivity contribution in [3.63, 3.8) is 0 Å². The molecular formula is C35H47N7O3. The van der Waals surface area contributed by atoms with Gasteiger partial charge in [-0.2, -0.15) is 0 Å². The van der Waals surface area contributed by atoms with Gasteiger partial charge >= 0.3 is 5.97 Å². The Hall–Kier alpha value is -4.02. The van der Waals surface area contributed by atoms with Crippen LogP contribution >= 0.6 is 0 Å². The lowest BCUT2D eigenvalue weighted by Gasteiger charge is -2.27. The van der Waals surface area contributed by atoms with Gasteiger partial charge in [0.2, 0.25) is 5.91 Å². The fourth-order valence-corrected chi connectivity index (χ4v) is 6.23. The summed E-state index contributed by atoms with van der Waals surface area (Å²) in [5.41, 5.74) is 10.9. The number of aryl methyl sites for hydroxylation is 2. The lowest BCUT2D eigenvalue weighted by atomic mass is 10.1. The van der Waals surface area contributed by atoms with Gasteiger partial charge in [-0.3, -0.25) is 14.5 Å². The second kappa shape index (κ2) is 15.3. The van der Waals surface area contributed by atoms with Crippen molar-refractivity contribution in [1.82, 2.24) is 29.2 Å². The lowest BCUT2D eigenvalue weighted by molar-refractivity contribution is -0.139. The van der Waals surface area contributed by atoms with Crippen molar-refractivity contribution in [2.24, 2.45) is 0 Å². The largest absolute Gasteiger partial charge is 0.469 e. The molecule has 0 aliphatic carbocycles. The van der Waals surface area contributed by atoms with E-state index < -0.39 is 0 Å². The maximum absolute atomic E-state index is 13.9. The molecule has 10 heteroatoms. The Labute approximate surface area is 266 Å². The van der Waals surface area contributed by atoms with Crippen LogP contribution < -0.4 is 5.73 Å². The number of carbonyl (C=O) groups excluding carboxylic acids is 2. The first kappa shape index (κ1) is 32.4. The number of likely N-dealkylation sites (N-methyl/N-ethyl adjacent to an activating group) is 1. The van der Waals surface area contributed by atoms with Gasteiger partial charge in [0.1, 0.15) is 11.3 Å². The zero-order valence-electron chi connectivity index (χ0n) is 27.0. The van der Waals surface area contributed by atoms with Crippen LogP contribution in [-0.4, -0.2) is 94.5 Å². The molecule has 240 valence electrons. The van der Waals surface area contributed by atoms with Crippen molar-refractivity contribution in [2.45, 2.75) is 58.5 Å². The number of para-hydroxylation sites is 1. The van der Waals surface area contributed by atoms with Crippen LogP contribution in [0.5, 0.6) is 0 Å². The summed E-state index contributed by atoms with van der Waals surface area (Å²) in [5, 5.41) is 1.04. The molecule has 1 saturated heterocycles. The van der Waals surface area contributed by atoms with Crippen molar-refractivity contribution < 1.29 is 14.3 Å². The van der Waals surface area contributed by atoms with Crippen LogP contribution in [0.4, 0.5) is 5.82 Å². The number of fused-ring (bicyclic) bond motifs is 3. The third kappa shape index (κ3) is 8.18. The van der Waals surface area contributed by atoms with Crippen molar-refractivity contribution in [3.8, 4) is 0 Å². The van der Waals surface area contributed by atoms with E-state index in [4.69, 9.17) is 15.5 Å². The Kier molecular flexibility index (Phi) is 11.0. The summed E-state index contributed by atoms with van der Waals surface area (Å²) in [6, 6.07) is 16.0. The maximum Gasteiger partial charge on any atom is 0.309 e. The number of benzene rings is 2. The topological polar surface area (TPSA) is 110 Å². The normalized spacial score (nSPS) is 14.6. The van der Waals surface area contributed by atoms with E-state index in [0.717, 1.165) is 97.2 Å². The predicted octanol–water partition coefficient (Wildman–Crippen LogP) is 4.28. The first-order valence-electron chi connectivity index (χ1n) is 16.2. The molecular weight excluding hydrogens is 566 g/mol. The number of anilines is 1. The number of nitrogen functional groups attached to an aromatic ring is 1. The predicted molar refractivity (Wildman–Crippen MR) is 179 cm³/mol. The molecule has 3 heterocycles. The van der Waals surface area contributed by atoms with Crippen LogP contribution in [0.3, 0.4) is 0 Å². The lowest BCUT2D eigenvalue weighted by Crippen LogP contribution is -2.42. The molecule has 0 bridgehead atoms. The SMILES string of the molecule is CCCCc1nc2c(N)nc3ccccc3c2n1CCCN(Cc1cccc(CC(=O)OC)c1)C(=O)CN1CCCN(C)CC1. The van der Waals surface area contributed by atoms with Crippen molar-refractivity contribution in [2.75, 3.05) is 59.2 Å². The number of ether oxygens (including phenoxy) is 1. The molecule has 4 aromatic rings. The Morgan fingerprint density at radius 2 is 1.82 bits per heavy atom. The Morgan fingerprint density at radius 1 is 1.00 bits per heavy atom. The third-order valence-corrected chi connectivity index (χ3v) is 8.72. The van der Waals surface area contributed by atoms with Gasteiger partial charge in [-0.15, -0.1) is 0 Å². The molecule has 0 atom stereocenters. The maximum atomic E-state index is 13.9. The van der Waals surface area contributed by atoms with E-state index in [0.29, 0.717) is 32.0 Å². The number of rotatable bonds is 13. The van der Waals surface area contributed by atoms with Gasteiger partial charge < -0.3 is 24.8 Å². The summed E-state index contributed by atoms with van der Waals surface area (Å²) in [6.07, 6.45) is 4.99. The molecule has 10 nitrogen and oxygen atoms in total. The summed E-state index contributed by atoms with van der Waals surface area (Å²) in [5.74, 6) is 1.31. The number of hydrogen-bond donors (Lipinski definition) is 1. The van der Waals surface area contributed by atoms with Crippen LogP contribution in [0, 0.1) is 0 Å². The minimum Gasteiger partial charge on any atom is -0.469 e. The molecule has 2 aromatic heterocycles. The van der Waals surface area contributed by atoms with E-state index in [1.54, 1.807) is 0 Å². The molecule has 1 aliphatic rings. The van der Waals surface area contributed by atoms with Gasteiger partial charge in [0.15, 0.2) is 5.82 Å². The number of pyridine rings is 1. The number of methoxy groups -OCH3 is 1. The highest BCUT2D eigenvalue weighted by atomic mass is 16.5. The van der Waals surface area contributed by atoms with Gasteiger partial charge in [0, 0.05) is 44.5 Å². The second-order valence-electron chi connectivity index (χ2n) is 12.2. The van der Waals surface area contributed by atoms with Gasteiger partial charge in [0.25, 0.3) is 0 Å². The van der Waals surface area contributed by atoms with Crippen LogP contribution in [0.15, 0.2) is 48.5 Å². The van der Waals surface area contributed by atoms with Crippen molar-refractivity contribution in [3.05, 3.63) is 65.5 Å². The molecule has 0 saturated carbocycles. The van der Waals surface area contributed by atoms with Gasteiger partial charge in [0.05, 0.1) is 31.1 Å². The van der Waals surface area contributed by atoms with E-state index in [2.05, 4.69) is 39.4 Å². The molecule has 0 radical (unpaired) electrons. The highest BCUT2D eigenvalue weighted by Crippen LogP contribution is 2.29. The summed E-state index contributed by atoms with van der Waals surface area (Å²) >= 11 is 0. The van der Waals surface area contributed by atoms with E-state index in [1.165, 1.54) is 7.11 Å². The number of aromatic nitrogens is 3. The minimum absolute atomic E-state index is 0.124. The van der Waals surface area contributed by atoms with Gasteiger partial charge in [-0.1, -0.05) is 55.8 Å². The number of carbonyl (C=O) groups is 2. The third-order valence-electron chi connectivity index (χ3n) is 8.72. The van der Waals surface area contributed by atoms with E-state index in [1.807, 2.05) is 47.4 Å². The molecule has 1 aliphatic heterocycles. The van der Waals surface area contributed by atoms with E-state index >= 15 is 0 Å². The van der Waals surface area contributed by atoms with Gasteiger partial charge in [-0.05, 0) is 56.6 Å². The molecule has 1 fully saturated rings. The highest BCUT2D eigenvalue weighted by Gasteiger charge is 2.22. The summed E-state index contributed by atoms with van der Waals surface area (Å²) < 4.78 is 7.17. The Morgan fingerprint density at radius 3 is 2.64 bits per heavy atom. The fourth-order valence-electron chi connectivity index (χ4n) is 6.23. The second-order valence-corrected chi connectivity index (χ2v) is 12.2. The summed E-state index contributed by atoms with van der Waals surface area (Å²) in [6.45, 7) is 8.19. The molecule has 5 rings (SSSR count). The Balaban J connectivity index is 1.39. The standard InChI is InChI=1S/C35H47N7O3/c1-4-5-15-30-38-33-34(28-13-6-7-14-29(28)37-35(33)36)42(30)19-10-18-41(31(43)25-40-17-9-16-39(2)20-21-40)24-27-12-8-11-26(22-27)23-32(44)45-3/h6-8,11-14,22H,4-5,9-10,15-21,23-25H2,1-3H3,(H2,36,37). The fraction of sp³-hybridized carbons (Fsp3) is 0.486. The number of nitrogens with zero attached hydrogens (tertiary/aromatic N) is 6. The number of unbranched alkanes of at least 4 members (excludes halogenated alkanes) is 1. The average molecular weight is 614 g/mol. The summed E-state index contributed by atoms with van der Waals surface area (Å²) in [7, 11) is 3.54. The molecule has 2 N–H and O–H groups in total. The first-order chi connectivity index (χ1) is 21.9. The van der Waals surface area contributed by atoms with E-state index in [9.17, 15) is 9.59 Å². The van der Waals surface area contributed by atoms with E-state index in [-0.39, 0.29) is 18.3 Å². The van der Waals surface area contributed by atoms with Crippen molar-refractivity contribution in [1.29, 1.82) is 0 Å². The zero-order chi connectivity index (χ0) is 31.8. The minimum atomic E-state index is -0.277. The number of nitrogens with two attached hydrogens (primary N) is 1.